The van der Waals surface area contributed by atoms with Crippen molar-refractivity contribution in [2.75, 3.05) is 0 Å². The zero-order chi connectivity index (χ0) is 16.7. The van der Waals surface area contributed by atoms with Gasteiger partial charge in [-0.2, -0.15) is 0 Å². The van der Waals surface area contributed by atoms with Gasteiger partial charge in [-0.1, -0.05) is 32.0 Å². The molecular weight excluding hydrogens is 346 g/mol. The number of nitrogens with zero attached hydrogens (tertiary/aromatic N) is 1. The first kappa shape index (κ1) is 16.7. The topological polar surface area (TPSA) is 48.3 Å². The molecule has 1 aromatic heterocycles. The summed E-state index contributed by atoms with van der Waals surface area (Å²) in [5.41, 5.74) is 0.366. The van der Waals surface area contributed by atoms with Crippen LogP contribution in [-0.4, -0.2) is 22.0 Å². The van der Waals surface area contributed by atoms with E-state index in [4.69, 9.17) is 4.74 Å². The Bertz CT molecular complexity index is 738. The first-order valence-corrected chi connectivity index (χ1v) is 7.99. The van der Waals surface area contributed by atoms with Crippen molar-refractivity contribution in [2.45, 2.75) is 40.2 Å². The smallest absolute Gasteiger partial charge is 0.419 e. The van der Waals surface area contributed by atoms with Gasteiger partial charge in [-0.05, 0) is 42.8 Å². The van der Waals surface area contributed by atoms with Crippen LogP contribution in [0.15, 0.2) is 28.7 Å². The van der Waals surface area contributed by atoms with Crippen LogP contribution in [0.5, 0.6) is 0 Å². The first-order chi connectivity index (χ1) is 10.1. The van der Waals surface area contributed by atoms with Crippen LogP contribution in [0.2, 0.25) is 0 Å². The maximum atomic E-state index is 12.6. The Balaban J connectivity index is 2.72. The minimum atomic E-state index is -0.632. The van der Waals surface area contributed by atoms with E-state index in [1.165, 1.54) is 4.57 Å². The highest BCUT2D eigenvalue weighted by Crippen LogP contribution is 2.33. The standard InChI is InChI=1S/C17H20BrNO3/c1-10(2)15(20)14-13(18)11-8-6-7-9-12(11)19(14)16(21)22-17(3,4)5/h6-10H,1-5H3. The van der Waals surface area contributed by atoms with Gasteiger partial charge in [-0.3, -0.25) is 4.79 Å². The van der Waals surface area contributed by atoms with Crippen molar-refractivity contribution in [3.63, 3.8) is 0 Å². The van der Waals surface area contributed by atoms with Gasteiger partial charge in [0.2, 0.25) is 0 Å². The number of Topliss-reactive ketones (excluding diaryl/α,β-unsaturated/α-hetero) is 1. The van der Waals surface area contributed by atoms with E-state index in [1.54, 1.807) is 26.8 Å². The van der Waals surface area contributed by atoms with Crippen LogP contribution in [0.3, 0.4) is 0 Å². The molecule has 0 radical (unpaired) electrons. The summed E-state index contributed by atoms with van der Waals surface area (Å²) < 4.78 is 7.47. The summed E-state index contributed by atoms with van der Waals surface area (Å²) in [6.07, 6.45) is -0.543. The monoisotopic (exact) mass is 365 g/mol. The van der Waals surface area contributed by atoms with Crippen molar-refractivity contribution in [2.24, 2.45) is 5.92 Å². The maximum absolute atomic E-state index is 12.6. The highest BCUT2D eigenvalue weighted by Gasteiger charge is 2.29. The second-order valence-electron chi connectivity index (χ2n) is 6.51. The summed E-state index contributed by atoms with van der Waals surface area (Å²) in [4.78, 5) is 25.2. The third kappa shape index (κ3) is 3.09. The minimum absolute atomic E-state index is 0.103. The average Bonchev–Trinajstić information content (AvgIpc) is 2.70. The summed E-state index contributed by atoms with van der Waals surface area (Å²) in [5.74, 6) is -0.323. The number of hydrogen-bond acceptors (Lipinski definition) is 3. The number of carbonyl (C=O) groups is 2. The molecule has 1 aromatic carbocycles. The van der Waals surface area contributed by atoms with Crippen LogP contribution in [0.1, 0.15) is 45.1 Å². The molecule has 2 aromatic rings. The number of fused-ring (bicyclic) bond motifs is 1. The summed E-state index contributed by atoms with van der Waals surface area (Å²) in [7, 11) is 0. The number of benzene rings is 1. The number of rotatable bonds is 2. The van der Waals surface area contributed by atoms with Crippen LogP contribution in [0.25, 0.3) is 10.9 Å². The Kier molecular flexibility index (Phi) is 4.47. The van der Waals surface area contributed by atoms with E-state index in [0.29, 0.717) is 15.7 Å². The van der Waals surface area contributed by atoms with Crippen molar-refractivity contribution in [1.82, 2.24) is 4.57 Å². The van der Waals surface area contributed by atoms with Crippen molar-refractivity contribution in [3.8, 4) is 0 Å². The molecule has 0 atom stereocenters. The zero-order valence-electron chi connectivity index (χ0n) is 13.4. The largest absolute Gasteiger partial charge is 0.443 e. The van der Waals surface area contributed by atoms with Gasteiger partial charge in [0.05, 0.1) is 9.99 Å². The fourth-order valence-electron chi connectivity index (χ4n) is 2.19. The lowest BCUT2D eigenvalue weighted by molar-refractivity contribution is 0.0533. The summed E-state index contributed by atoms with van der Waals surface area (Å²) in [6.45, 7) is 9.03. The second kappa shape index (κ2) is 5.88. The first-order valence-electron chi connectivity index (χ1n) is 7.20. The van der Waals surface area contributed by atoms with Crippen LogP contribution in [0.4, 0.5) is 4.79 Å². The number of halogens is 1. The highest BCUT2D eigenvalue weighted by atomic mass is 79.9. The summed E-state index contributed by atoms with van der Waals surface area (Å²) in [5, 5.41) is 0.817. The number of aromatic nitrogens is 1. The van der Waals surface area contributed by atoms with Crippen LogP contribution < -0.4 is 0 Å². The van der Waals surface area contributed by atoms with E-state index in [1.807, 2.05) is 32.0 Å². The molecule has 0 aliphatic carbocycles. The fourth-order valence-corrected chi connectivity index (χ4v) is 2.90. The summed E-state index contributed by atoms with van der Waals surface area (Å²) >= 11 is 3.47. The molecule has 0 spiro atoms. The molecule has 0 aliphatic heterocycles. The Hall–Kier alpha value is -1.62. The van der Waals surface area contributed by atoms with Gasteiger partial charge in [0.25, 0.3) is 0 Å². The molecule has 0 saturated heterocycles. The average molecular weight is 366 g/mol. The van der Waals surface area contributed by atoms with E-state index in [9.17, 15) is 9.59 Å². The van der Waals surface area contributed by atoms with Crippen molar-refractivity contribution in [3.05, 3.63) is 34.4 Å². The Morgan fingerprint density at radius 2 is 1.77 bits per heavy atom. The predicted molar refractivity (Wildman–Crippen MR) is 90.4 cm³/mol. The third-order valence-electron chi connectivity index (χ3n) is 3.15. The molecule has 2 rings (SSSR count). The fraction of sp³-hybridized carbons (Fsp3) is 0.412. The third-order valence-corrected chi connectivity index (χ3v) is 3.95. The highest BCUT2D eigenvalue weighted by molar-refractivity contribution is 9.10. The zero-order valence-corrected chi connectivity index (χ0v) is 15.0. The van der Waals surface area contributed by atoms with E-state index < -0.39 is 11.7 Å². The molecule has 0 aliphatic rings. The number of ether oxygens (including phenoxy) is 1. The van der Waals surface area contributed by atoms with Crippen molar-refractivity contribution >= 4 is 38.7 Å². The lowest BCUT2D eigenvalue weighted by Gasteiger charge is -2.21. The van der Waals surface area contributed by atoms with Gasteiger partial charge in [0, 0.05) is 11.3 Å². The Labute approximate surface area is 138 Å². The van der Waals surface area contributed by atoms with Crippen molar-refractivity contribution in [1.29, 1.82) is 0 Å². The molecule has 0 fully saturated rings. The molecule has 118 valence electrons. The summed E-state index contributed by atoms with van der Waals surface area (Å²) in [6, 6.07) is 7.38. The molecule has 4 nitrogen and oxygen atoms in total. The quantitative estimate of drug-likeness (QED) is 0.701. The van der Waals surface area contributed by atoms with Gasteiger partial charge in [0.15, 0.2) is 5.78 Å². The number of para-hydroxylation sites is 1. The van der Waals surface area contributed by atoms with Gasteiger partial charge in [0.1, 0.15) is 11.3 Å². The molecule has 5 heteroatoms. The lowest BCUT2D eigenvalue weighted by atomic mass is 10.1. The normalized spacial score (nSPS) is 12.0. The molecular formula is C17H20BrNO3. The SMILES string of the molecule is CC(C)C(=O)c1c(Br)c2ccccc2n1C(=O)OC(C)(C)C. The van der Waals surface area contributed by atoms with Gasteiger partial charge < -0.3 is 4.74 Å². The predicted octanol–water partition coefficient (Wildman–Crippen LogP) is 5.03. The Morgan fingerprint density at radius 3 is 2.32 bits per heavy atom. The molecule has 0 saturated carbocycles. The molecule has 1 heterocycles. The molecule has 0 amide bonds. The van der Waals surface area contributed by atoms with Gasteiger partial charge in [-0.15, -0.1) is 0 Å². The second-order valence-corrected chi connectivity index (χ2v) is 7.31. The number of ketones is 1. The van der Waals surface area contributed by atoms with E-state index >= 15 is 0 Å². The van der Waals surface area contributed by atoms with E-state index in [2.05, 4.69) is 15.9 Å². The minimum Gasteiger partial charge on any atom is -0.443 e. The van der Waals surface area contributed by atoms with Crippen LogP contribution in [0, 0.1) is 5.92 Å². The van der Waals surface area contributed by atoms with Gasteiger partial charge >= 0.3 is 6.09 Å². The number of carbonyl (C=O) groups excluding carboxylic acids is 2. The molecule has 0 N–H and O–H groups in total. The van der Waals surface area contributed by atoms with Crippen molar-refractivity contribution < 1.29 is 14.3 Å². The van der Waals surface area contributed by atoms with E-state index in [0.717, 1.165) is 5.39 Å². The van der Waals surface area contributed by atoms with Crippen LogP contribution >= 0.6 is 15.9 Å². The Morgan fingerprint density at radius 1 is 1.18 bits per heavy atom. The lowest BCUT2D eigenvalue weighted by Crippen LogP contribution is -2.29. The molecule has 0 bridgehead atoms. The van der Waals surface area contributed by atoms with E-state index in [-0.39, 0.29) is 11.7 Å². The van der Waals surface area contributed by atoms with Gasteiger partial charge in [-0.25, -0.2) is 9.36 Å². The number of hydrogen-bond donors (Lipinski definition) is 0. The molecule has 0 unspecified atom stereocenters. The van der Waals surface area contributed by atoms with Crippen LogP contribution in [-0.2, 0) is 4.74 Å². The molecule has 22 heavy (non-hydrogen) atoms. The maximum Gasteiger partial charge on any atom is 0.419 e.